The Morgan fingerprint density at radius 3 is 3.00 bits per heavy atom. The Morgan fingerprint density at radius 2 is 2.40 bits per heavy atom. The smallest absolute Gasteiger partial charge is 0.132 e. The van der Waals surface area contributed by atoms with Crippen LogP contribution in [0.3, 0.4) is 0 Å². The second-order valence-electron chi connectivity index (χ2n) is 1.69. The van der Waals surface area contributed by atoms with Gasteiger partial charge in [0.15, 0.2) is 0 Å². The highest BCUT2D eigenvalue weighted by Gasteiger charge is 1.94. The zero-order chi connectivity index (χ0) is 7.40. The second-order valence-corrected chi connectivity index (χ2v) is 2.51. The molecule has 4 heteroatoms. The van der Waals surface area contributed by atoms with E-state index in [1.165, 1.54) is 18.1 Å². The van der Waals surface area contributed by atoms with E-state index in [9.17, 15) is 4.39 Å². The summed E-state index contributed by atoms with van der Waals surface area (Å²) in [7, 11) is 0. The molecule has 0 aliphatic carbocycles. The lowest BCUT2D eigenvalue weighted by Gasteiger charge is -1.94. The molecule has 0 amide bonds. The van der Waals surface area contributed by atoms with Crippen LogP contribution in [0.15, 0.2) is 17.4 Å². The van der Waals surface area contributed by atoms with Crippen molar-refractivity contribution >= 4 is 11.8 Å². The van der Waals surface area contributed by atoms with Gasteiger partial charge in [0.2, 0.25) is 0 Å². The first-order valence-corrected chi connectivity index (χ1v) is 4.00. The number of nitrogens with zero attached hydrogens (tertiary/aromatic N) is 2. The van der Waals surface area contributed by atoms with E-state index < -0.39 is 6.67 Å². The molecule has 0 radical (unpaired) electrons. The van der Waals surface area contributed by atoms with Crippen molar-refractivity contribution in [2.24, 2.45) is 0 Å². The van der Waals surface area contributed by atoms with Gasteiger partial charge in [0, 0.05) is 0 Å². The molecule has 0 atom stereocenters. The maximum atomic E-state index is 11.9. The molecular weight excluding hydrogens is 151 g/mol. The number of halogens is 1. The van der Waals surface area contributed by atoms with E-state index in [4.69, 9.17) is 0 Å². The predicted molar refractivity (Wildman–Crippen MR) is 38.6 cm³/mol. The predicted octanol–water partition coefficient (Wildman–Crippen LogP) is 1.67. The van der Waals surface area contributed by atoms with Gasteiger partial charge in [-0.3, -0.25) is 0 Å². The Bertz CT molecular complexity index is 197. The molecule has 0 N–H and O–H groups in total. The fraction of sp³-hybridized carbons (Fsp3) is 0.333. The molecule has 1 aromatic rings. The molecule has 0 spiro atoms. The zero-order valence-corrected chi connectivity index (χ0v) is 6.36. The minimum atomic E-state index is -0.518. The number of aromatic nitrogens is 2. The summed E-state index contributed by atoms with van der Waals surface area (Å²) in [4.78, 5) is 7.60. The Balaban J connectivity index is 2.87. The van der Waals surface area contributed by atoms with Crippen LogP contribution in [0.2, 0.25) is 0 Å². The molecule has 0 saturated carbocycles. The van der Waals surface area contributed by atoms with Crippen molar-refractivity contribution in [3.05, 3.63) is 18.1 Å². The van der Waals surface area contributed by atoms with E-state index in [2.05, 4.69) is 9.97 Å². The Hall–Kier alpha value is -0.640. The normalized spacial score (nSPS) is 9.80. The van der Waals surface area contributed by atoms with Gasteiger partial charge in [-0.05, 0) is 12.3 Å². The van der Waals surface area contributed by atoms with Gasteiger partial charge in [0.05, 0.1) is 10.7 Å². The highest BCUT2D eigenvalue weighted by molar-refractivity contribution is 7.98. The molecule has 0 unspecified atom stereocenters. The van der Waals surface area contributed by atoms with Crippen molar-refractivity contribution in [2.75, 3.05) is 6.26 Å². The van der Waals surface area contributed by atoms with E-state index in [-0.39, 0.29) is 0 Å². The molecule has 0 aliphatic heterocycles. The molecule has 1 aromatic heterocycles. The van der Waals surface area contributed by atoms with Crippen LogP contribution in [0.25, 0.3) is 0 Å². The first-order chi connectivity index (χ1) is 4.86. The SMILES string of the molecule is CSc1cc(CF)ncn1. The van der Waals surface area contributed by atoms with Gasteiger partial charge in [-0.1, -0.05) is 0 Å². The first kappa shape index (κ1) is 7.47. The van der Waals surface area contributed by atoms with Crippen molar-refractivity contribution in [3.63, 3.8) is 0 Å². The lowest BCUT2D eigenvalue weighted by atomic mass is 10.4. The molecule has 2 nitrogen and oxygen atoms in total. The van der Waals surface area contributed by atoms with Crippen LogP contribution >= 0.6 is 11.8 Å². The van der Waals surface area contributed by atoms with E-state index in [1.807, 2.05) is 6.26 Å². The number of hydrogen-bond donors (Lipinski definition) is 0. The van der Waals surface area contributed by atoms with Crippen LogP contribution < -0.4 is 0 Å². The molecule has 0 aliphatic rings. The summed E-state index contributed by atoms with van der Waals surface area (Å²) < 4.78 is 11.9. The third-order valence-corrected chi connectivity index (χ3v) is 1.69. The largest absolute Gasteiger partial charge is 0.244 e. The average molecular weight is 158 g/mol. The van der Waals surface area contributed by atoms with E-state index in [1.54, 1.807) is 6.07 Å². The number of thioether (sulfide) groups is 1. The zero-order valence-electron chi connectivity index (χ0n) is 5.54. The van der Waals surface area contributed by atoms with Crippen molar-refractivity contribution in [1.29, 1.82) is 0 Å². The van der Waals surface area contributed by atoms with Gasteiger partial charge >= 0.3 is 0 Å². The summed E-state index contributed by atoms with van der Waals surface area (Å²) in [6.45, 7) is -0.518. The van der Waals surface area contributed by atoms with Gasteiger partial charge in [0.1, 0.15) is 13.0 Å². The van der Waals surface area contributed by atoms with Gasteiger partial charge in [-0.15, -0.1) is 11.8 Å². The monoisotopic (exact) mass is 158 g/mol. The summed E-state index contributed by atoms with van der Waals surface area (Å²) in [5.74, 6) is 0. The fourth-order valence-corrected chi connectivity index (χ4v) is 0.968. The molecule has 1 rings (SSSR count). The molecule has 0 aromatic carbocycles. The standard InChI is InChI=1S/C6H7FN2S/c1-10-6-2-5(3-7)8-4-9-6/h2,4H,3H2,1H3. The summed E-state index contributed by atoms with van der Waals surface area (Å²) in [6, 6.07) is 1.64. The molecule has 10 heavy (non-hydrogen) atoms. The minimum absolute atomic E-state index is 0.444. The first-order valence-electron chi connectivity index (χ1n) is 2.77. The van der Waals surface area contributed by atoms with Crippen LogP contribution in [-0.4, -0.2) is 16.2 Å². The van der Waals surface area contributed by atoms with Gasteiger partial charge in [-0.25, -0.2) is 14.4 Å². The maximum absolute atomic E-state index is 11.9. The number of hydrogen-bond acceptors (Lipinski definition) is 3. The maximum Gasteiger partial charge on any atom is 0.132 e. The highest BCUT2D eigenvalue weighted by atomic mass is 32.2. The average Bonchev–Trinajstić information content (AvgIpc) is 2.05. The van der Waals surface area contributed by atoms with Crippen LogP contribution in [0.4, 0.5) is 4.39 Å². The molecule has 0 fully saturated rings. The van der Waals surface area contributed by atoms with Crippen molar-refractivity contribution < 1.29 is 4.39 Å². The van der Waals surface area contributed by atoms with Gasteiger partial charge < -0.3 is 0 Å². The molecular formula is C6H7FN2S. The number of rotatable bonds is 2. The Labute approximate surface area is 62.9 Å². The fourth-order valence-electron chi connectivity index (χ4n) is 0.562. The minimum Gasteiger partial charge on any atom is -0.244 e. The highest BCUT2D eigenvalue weighted by Crippen LogP contribution is 2.10. The lowest BCUT2D eigenvalue weighted by molar-refractivity contribution is 0.474. The van der Waals surface area contributed by atoms with Crippen LogP contribution in [-0.2, 0) is 6.67 Å². The van der Waals surface area contributed by atoms with Crippen LogP contribution in [0, 0.1) is 0 Å². The topological polar surface area (TPSA) is 25.8 Å². The quantitative estimate of drug-likeness (QED) is 0.483. The van der Waals surface area contributed by atoms with Crippen molar-refractivity contribution in [2.45, 2.75) is 11.7 Å². The van der Waals surface area contributed by atoms with Gasteiger partial charge in [-0.2, -0.15) is 0 Å². The van der Waals surface area contributed by atoms with Crippen LogP contribution in [0.5, 0.6) is 0 Å². The summed E-state index contributed by atoms with van der Waals surface area (Å²) in [5.41, 5.74) is 0.444. The Kier molecular flexibility index (Phi) is 2.62. The molecule has 0 saturated heterocycles. The van der Waals surface area contributed by atoms with E-state index in [0.29, 0.717) is 5.69 Å². The Morgan fingerprint density at radius 1 is 1.60 bits per heavy atom. The third kappa shape index (κ3) is 1.67. The summed E-state index contributed by atoms with van der Waals surface area (Å²) in [6.07, 6.45) is 3.27. The van der Waals surface area contributed by atoms with Crippen molar-refractivity contribution in [3.8, 4) is 0 Å². The number of alkyl halides is 1. The van der Waals surface area contributed by atoms with E-state index >= 15 is 0 Å². The van der Waals surface area contributed by atoms with Gasteiger partial charge in [0.25, 0.3) is 0 Å². The van der Waals surface area contributed by atoms with Crippen LogP contribution in [0.1, 0.15) is 5.69 Å². The molecule has 54 valence electrons. The summed E-state index contributed by atoms with van der Waals surface area (Å²) >= 11 is 1.48. The lowest BCUT2D eigenvalue weighted by Crippen LogP contribution is -1.87. The molecule has 1 heterocycles. The summed E-state index contributed by atoms with van der Waals surface area (Å²) in [5, 5.41) is 0.808. The third-order valence-electron chi connectivity index (χ3n) is 1.04. The molecule has 0 bridgehead atoms. The van der Waals surface area contributed by atoms with E-state index in [0.717, 1.165) is 5.03 Å². The second kappa shape index (κ2) is 3.51. The van der Waals surface area contributed by atoms with Crippen molar-refractivity contribution in [1.82, 2.24) is 9.97 Å².